The van der Waals surface area contributed by atoms with Gasteiger partial charge >= 0.3 is 0 Å². The molecule has 1 heterocycles. The lowest BCUT2D eigenvalue weighted by molar-refractivity contribution is 0.112. The van der Waals surface area contributed by atoms with Crippen LogP contribution in [-0.2, 0) is 0 Å². The van der Waals surface area contributed by atoms with Crippen LogP contribution in [0.1, 0.15) is 12.0 Å². The van der Waals surface area contributed by atoms with Gasteiger partial charge in [-0.1, -0.05) is 0 Å². The molecule has 0 atom stereocenters. The van der Waals surface area contributed by atoms with E-state index in [1.807, 2.05) is 12.1 Å². The zero-order valence-corrected chi connectivity index (χ0v) is 16.0. The first-order valence-corrected chi connectivity index (χ1v) is 9.69. The maximum absolute atomic E-state index is 12.9. The van der Waals surface area contributed by atoms with Gasteiger partial charge in [-0.05, 0) is 55.0 Å². The molecule has 2 aromatic carbocycles. The molecule has 0 spiro atoms. The van der Waals surface area contributed by atoms with Crippen molar-refractivity contribution >= 4 is 0 Å². The number of nitrogens with zero attached hydrogens (tertiary/aromatic N) is 3. The monoisotopic (exact) mass is 383 g/mol. The quantitative estimate of drug-likeness (QED) is 0.623. The van der Waals surface area contributed by atoms with Gasteiger partial charge in [-0.3, -0.25) is 4.90 Å². The average molecular weight is 383 g/mol. The molecule has 28 heavy (non-hydrogen) atoms. The third kappa shape index (κ3) is 6.52. The molecule has 1 saturated heterocycles. The van der Waals surface area contributed by atoms with Crippen LogP contribution in [-0.4, -0.2) is 62.3 Å². The summed E-state index contributed by atoms with van der Waals surface area (Å²) in [5, 5.41) is 8.80. The minimum absolute atomic E-state index is 0.245. The molecule has 1 aliphatic rings. The van der Waals surface area contributed by atoms with E-state index in [1.165, 1.54) is 12.1 Å². The number of rotatable bonds is 9. The summed E-state index contributed by atoms with van der Waals surface area (Å²) in [6.45, 7) is 7.36. The van der Waals surface area contributed by atoms with E-state index in [9.17, 15) is 4.39 Å². The van der Waals surface area contributed by atoms with Crippen molar-refractivity contribution in [2.45, 2.75) is 6.42 Å². The van der Waals surface area contributed by atoms with Gasteiger partial charge in [0, 0.05) is 39.3 Å². The van der Waals surface area contributed by atoms with E-state index < -0.39 is 0 Å². The van der Waals surface area contributed by atoms with Crippen LogP contribution in [0.4, 0.5) is 4.39 Å². The van der Waals surface area contributed by atoms with Gasteiger partial charge in [0.15, 0.2) is 0 Å². The molecule has 0 amide bonds. The first kappa shape index (κ1) is 20.1. The summed E-state index contributed by atoms with van der Waals surface area (Å²) in [5.74, 6) is 1.28. The van der Waals surface area contributed by atoms with E-state index in [0.717, 1.165) is 51.4 Å². The van der Waals surface area contributed by atoms with Gasteiger partial charge in [-0.25, -0.2) is 4.39 Å². The second-order valence-electron chi connectivity index (χ2n) is 6.82. The highest BCUT2D eigenvalue weighted by atomic mass is 19.1. The molecule has 0 aromatic heterocycles. The molecular formula is C22H26FN3O2. The highest BCUT2D eigenvalue weighted by Gasteiger charge is 2.16. The van der Waals surface area contributed by atoms with Gasteiger partial charge in [0.1, 0.15) is 23.9 Å². The van der Waals surface area contributed by atoms with Crippen molar-refractivity contribution in [2.75, 3.05) is 52.5 Å². The predicted octanol–water partition coefficient (Wildman–Crippen LogP) is 3.16. The van der Waals surface area contributed by atoms with E-state index in [4.69, 9.17) is 14.7 Å². The van der Waals surface area contributed by atoms with Crippen molar-refractivity contribution in [1.29, 1.82) is 5.26 Å². The van der Waals surface area contributed by atoms with Crippen molar-refractivity contribution in [3.63, 3.8) is 0 Å². The van der Waals surface area contributed by atoms with Gasteiger partial charge < -0.3 is 14.4 Å². The van der Waals surface area contributed by atoms with Crippen molar-refractivity contribution in [2.24, 2.45) is 0 Å². The molecular weight excluding hydrogens is 357 g/mol. The SMILES string of the molecule is N#Cc1ccc(OCCCN2CCN(CCOc3ccc(F)cc3)CC2)cc1. The highest BCUT2D eigenvalue weighted by molar-refractivity contribution is 5.34. The Bertz CT molecular complexity index is 751. The van der Waals surface area contributed by atoms with Crippen molar-refractivity contribution in [3.8, 4) is 17.6 Å². The number of nitriles is 1. The van der Waals surface area contributed by atoms with E-state index >= 15 is 0 Å². The molecule has 1 fully saturated rings. The first-order chi connectivity index (χ1) is 13.7. The fourth-order valence-corrected chi connectivity index (χ4v) is 3.16. The predicted molar refractivity (Wildman–Crippen MR) is 106 cm³/mol. The second kappa shape index (κ2) is 10.6. The highest BCUT2D eigenvalue weighted by Crippen LogP contribution is 2.13. The molecule has 0 unspecified atom stereocenters. The first-order valence-electron chi connectivity index (χ1n) is 9.69. The molecule has 3 rings (SSSR count). The Hall–Kier alpha value is -2.62. The molecule has 0 aliphatic carbocycles. The number of hydrogen-bond acceptors (Lipinski definition) is 5. The molecule has 0 saturated carbocycles. The largest absolute Gasteiger partial charge is 0.494 e. The minimum Gasteiger partial charge on any atom is -0.494 e. The maximum Gasteiger partial charge on any atom is 0.123 e. The third-order valence-electron chi connectivity index (χ3n) is 4.83. The van der Waals surface area contributed by atoms with Crippen LogP contribution in [0, 0.1) is 17.1 Å². The lowest BCUT2D eigenvalue weighted by Crippen LogP contribution is -2.47. The molecule has 1 aliphatic heterocycles. The lowest BCUT2D eigenvalue weighted by Gasteiger charge is -2.34. The summed E-state index contributed by atoms with van der Waals surface area (Å²) < 4.78 is 24.3. The van der Waals surface area contributed by atoms with Crippen LogP contribution in [0.5, 0.6) is 11.5 Å². The fourth-order valence-electron chi connectivity index (χ4n) is 3.16. The van der Waals surface area contributed by atoms with Crippen LogP contribution in [0.15, 0.2) is 48.5 Å². The van der Waals surface area contributed by atoms with Crippen molar-refractivity contribution < 1.29 is 13.9 Å². The summed E-state index contributed by atoms with van der Waals surface area (Å²) in [6, 6.07) is 15.5. The summed E-state index contributed by atoms with van der Waals surface area (Å²) in [6.07, 6.45) is 0.980. The Morgan fingerprint density at radius 2 is 1.32 bits per heavy atom. The smallest absolute Gasteiger partial charge is 0.123 e. The number of benzene rings is 2. The maximum atomic E-state index is 12.9. The molecule has 148 valence electrons. The number of ether oxygens (including phenoxy) is 2. The van der Waals surface area contributed by atoms with E-state index in [0.29, 0.717) is 24.5 Å². The third-order valence-corrected chi connectivity index (χ3v) is 4.83. The van der Waals surface area contributed by atoms with Crippen LogP contribution in [0.25, 0.3) is 0 Å². The minimum atomic E-state index is -0.245. The van der Waals surface area contributed by atoms with Crippen molar-refractivity contribution in [1.82, 2.24) is 9.80 Å². The zero-order valence-electron chi connectivity index (χ0n) is 16.0. The second-order valence-corrected chi connectivity index (χ2v) is 6.82. The normalized spacial score (nSPS) is 15.1. The molecule has 0 radical (unpaired) electrons. The molecule has 0 N–H and O–H groups in total. The van der Waals surface area contributed by atoms with Crippen LogP contribution in [0.3, 0.4) is 0 Å². The Balaban J connectivity index is 1.24. The number of halogens is 1. The Labute approximate surface area is 165 Å². The molecule has 0 bridgehead atoms. The summed E-state index contributed by atoms with van der Waals surface area (Å²) in [5.41, 5.74) is 0.647. The average Bonchev–Trinajstić information content (AvgIpc) is 2.74. The van der Waals surface area contributed by atoms with E-state index in [2.05, 4.69) is 15.9 Å². The van der Waals surface area contributed by atoms with Gasteiger partial charge in [-0.2, -0.15) is 5.26 Å². The van der Waals surface area contributed by atoms with Crippen LogP contribution in [0.2, 0.25) is 0 Å². The topological polar surface area (TPSA) is 48.7 Å². The van der Waals surface area contributed by atoms with Crippen LogP contribution < -0.4 is 9.47 Å². The molecule has 6 heteroatoms. The standard InChI is InChI=1S/C22H26FN3O2/c23-20-4-8-22(9-5-20)28-17-15-26-13-11-25(12-14-26)10-1-16-27-21-6-2-19(18-24)3-7-21/h2-9H,1,10-17H2. The van der Waals surface area contributed by atoms with Crippen molar-refractivity contribution in [3.05, 3.63) is 59.9 Å². The fraction of sp³-hybridized carbons (Fsp3) is 0.409. The van der Waals surface area contributed by atoms with Gasteiger partial charge in [0.05, 0.1) is 18.2 Å². The Kier molecular flexibility index (Phi) is 7.65. The number of piperazine rings is 1. The summed E-state index contributed by atoms with van der Waals surface area (Å²) in [4.78, 5) is 4.85. The van der Waals surface area contributed by atoms with Gasteiger partial charge in [0.2, 0.25) is 0 Å². The Morgan fingerprint density at radius 3 is 1.93 bits per heavy atom. The molecule has 5 nitrogen and oxygen atoms in total. The zero-order chi connectivity index (χ0) is 19.6. The van der Waals surface area contributed by atoms with Gasteiger partial charge in [0.25, 0.3) is 0 Å². The Morgan fingerprint density at radius 1 is 0.786 bits per heavy atom. The summed E-state index contributed by atoms with van der Waals surface area (Å²) >= 11 is 0. The van der Waals surface area contributed by atoms with Gasteiger partial charge in [-0.15, -0.1) is 0 Å². The van der Waals surface area contributed by atoms with E-state index in [-0.39, 0.29) is 5.82 Å². The van der Waals surface area contributed by atoms with E-state index in [1.54, 1.807) is 24.3 Å². The lowest BCUT2D eigenvalue weighted by atomic mass is 10.2. The van der Waals surface area contributed by atoms with Crippen LogP contribution >= 0.6 is 0 Å². The molecule has 2 aromatic rings. The summed E-state index contributed by atoms with van der Waals surface area (Å²) in [7, 11) is 0. The number of hydrogen-bond donors (Lipinski definition) is 0.